The Balaban J connectivity index is 2.35. The predicted molar refractivity (Wildman–Crippen MR) is 66.5 cm³/mol. The normalized spacial score (nSPS) is 22.1. The van der Waals surface area contributed by atoms with Gasteiger partial charge in [0, 0.05) is 29.2 Å². The molecule has 18 heavy (non-hydrogen) atoms. The molecule has 0 aromatic carbocycles. The first-order valence-electron chi connectivity index (χ1n) is 5.84. The Labute approximate surface area is 108 Å². The van der Waals surface area contributed by atoms with Crippen LogP contribution in [-0.4, -0.2) is 23.0 Å². The molecule has 0 radical (unpaired) electrons. The molecule has 1 fully saturated rings. The van der Waals surface area contributed by atoms with Crippen molar-refractivity contribution in [3.05, 3.63) is 29.6 Å². The van der Waals surface area contributed by atoms with E-state index in [0.29, 0.717) is 0 Å². The van der Waals surface area contributed by atoms with E-state index in [2.05, 4.69) is 10.3 Å². The summed E-state index contributed by atoms with van der Waals surface area (Å²) in [5, 5.41) is 3.21. The zero-order valence-electron chi connectivity index (χ0n) is 10.00. The van der Waals surface area contributed by atoms with Crippen molar-refractivity contribution in [3.63, 3.8) is 0 Å². The number of thioether (sulfide) groups is 1. The minimum Gasteiger partial charge on any atom is -0.312 e. The van der Waals surface area contributed by atoms with Crippen molar-refractivity contribution >= 4 is 11.8 Å². The minimum atomic E-state index is -4.32. The van der Waals surface area contributed by atoms with Crippen LogP contribution in [-0.2, 0) is 6.18 Å². The molecule has 0 aliphatic carbocycles. The van der Waals surface area contributed by atoms with E-state index < -0.39 is 11.7 Å². The summed E-state index contributed by atoms with van der Waals surface area (Å²) in [5.74, 6) is 1.02. The molecule has 1 aliphatic rings. The van der Waals surface area contributed by atoms with Crippen molar-refractivity contribution in [2.75, 3.05) is 12.8 Å². The van der Waals surface area contributed by atoms with Gasteiger partial charge in [-0.3, -0.25) is 4.98 Å². The third-order valence-electron chi connectivity index (χ3n) is 3.14. The van der Waals surface area contributed by atoms with Gasteiger partial charge in [-0.2, -0.15) is 24.9 Å². The first kappa shape index (κ1) is 13.7. The average molecular weight is 276 g/mol. The SMILES string of the molecule is CNC(c1cnccc1C(F)(F)F)C1CCCS1. The third kappa shape index (κ3) is 2.80. The Hall–Kier alpha value is -0.750. The van der Waals surface area contributed by atoms with Gasteiger partial charge >= 0.3 is 6.18 Å². The Bertz CT molecular complexity index is 403. The van der Waals surface area contributed by atoms with E-state index in [9.17, 15) is 13.2 Å². The average Bonchev–Trinajstić information content (AvgIpc) is 2.83. The summed E-state index contributed by atoms with van der Waals surface area (Å²) >= 11 is 1.73. The first-order chi connectivity index (χ1) is 8.54. The van der Waals surface area contributed by atoms with E-state index in [1.165, 1.54) is 12.4 Å². The van der Waals surface area contributed by atoms with Crippen molar-refractivity contribution in [3.8, 4) is 0 Å². The van der Waals surface area contributed by atoms with E-state index in [1.54, 1.807) is 18.8 Å². The number of rotatable bonds is 3. The summed E-state index contributed by atoms with van der Waals surface area (Å²) in [6.07, 6.45) is 0.220. The maximum Gasteiger partial charge on any atom is 0.416 e. The summed E-state index contributed by atoms with van der Waals surface area (Å²) in [6.45, 7) is 0. The molecule has 1 aliphatic heterocycles. The molecule has 2 rings (SSSR count). The van der Waals surface area contributed by atoms with Gasteiger partial charge in [0.1, 0.15) is 0 Å². The highest BCUT2D eigenvalue weighted by molar-refractivity contribution is 8.00. The van der Waals surface area contributed by atoms with Crippen LogP contribution >= 0.6 is 11.8 Å². The summed E-state index contributed by atoms with van der Waals surface area (Å²) < 4.78 is 38.9. The highest BCUT2D eigenvalue weighted by Crippen LogP contribution is 2.40. The lowest BCUT2D eigenvalue weighted by Crippen LogP contribution is -2.28. The van der Waals surface area contributed by atoms with Crippen LogP contribution in [0.5, 0.6) is 0 Å². The van der Waals surface area contributed by atoms with Gasteiger partial charge in [0.25, 0.3) is 0 Å². The Morgan fingerprint density at radius 1 is 1.50 bits per heavy atom. The molecular formula is C12H15F3N2S. The summed E-state index contributed by atoms with van der Waals surface area (Å²) in [5.41, 5.74) is -0.323. The monoisotopic (exact) mass is 276 g/mol. The molecule has 1 N–H and O–H groups in total. The molecule has 6 heteroatoms. The van der Waals surface area contributed by atoms with Gasteiger partial charge in [-0.25, -0.2) is 0 Å². The molecular weight excluding hydrogens is 261 g/mol. The molecule has 2 atom stereocenters. The van der Waals surface area contributed by atoms with Crippen molar-refractivity contribution in [2.45, 2.75) is 30.3 Å². The quantitative estimate of drug-likeness (QED) is 0.917. The second kappa shape index (κ2) is 5.48. The Kier molecular flexibility index (Phi) is 4.17. The number of alkyl halides is 3. The molecule has 0 bridgehead atoms. The minimum absolute atomic E-state index is 0.195. The van der Waals surface area contributed by atoms with Gasteiger partial charge in [-0.05, 0) is 31.7 Å². The highest BCUT2D eigenvalue weighted by atomic mass is 32.2. The summed E-state index contributed by atoms with van der Waals surface area (Å²) in [4.78, 5) is 3.85. The molecule has 2 heterocycles. The molecule has 1 aromatic heterocycles. The number of nitrogens with one attached hydrogen (secondary N) is 1. The van der Waals surface area contributed by atoms with Crippen LogP contribution in [0.2, 0.25) is 0 Å². The number of pyridine rings is 1. The van der Waals surface area contributed by atoms with E-state index in [0.717, 1.165) is 24.7 Å². The van der Waals surface area contributed by atoms with Gasteiger partial charge in [-0.15, -0.1) is 0 Å². The molecule has 1 aromatic rings. The molecule has 1 saturated heterocycles. The van der Waals surface area contributed by atoms with Crippen LogP contribution in [0.15, 0.2) is 18.5 Å². The summed E-state index contributed by atoms with van der Waals surface area (Å²) in [7, 11) is 1.71. The zero-order valence-corrected chi connectivity index (χ0v) is 10.8. The van der Waals surface area contributed by atoms with Crippen LogP contribution in [0.4, 0.5) is 13.2 Å². The fourth-order valence-electron chi connectivity index (χ4n) is 2.32. The first-order valence-corrected chi connectivity index (χ1v) is 6.89. The lowest BCUT2D eigenvalue weighted by atomic mass is 9.98. The number of aromatic nitrogens is 1. The molecule has 0 saturated carbocycles. The number of nitrogens with zero attached hydrogens (tertiary/aromatic N) is 1. The van der Waals surface area contributed by atoms with E-state index >= 15 is 0 Å². The second-order valence-corrected chi connectivity index (χ2v) is 5.63. The number of hydrogen-bond acceptors (Lipinski definition) is 3. The second-order valence-electron chi connectivity index (χ2n) is 4.28. The van der Waals surface area contributed by atoms with Gasteiger partial charge < -0.3 is 5.32 Å². The van der Waals surface area contributed by atoms with Gasteiger partial charge in [0.15, 0.2) is 0 Å². The van der Waals surface area contributed by atoms with Gasteiger partial charge in [0.05, 0.1) is 5.56 Å². The van der Waals surface area contributed by atoms with Crippen LogP contribution in [0.1, 0.15) is 30.0 Å². The van der Waals surface area contributed by atoms with Crippen molar-refractivity contribution in [2.24, 2.45) is 0 Å². The standard InChI is InChI=1S/C12H15F3N2S/c1-16-11(10-3-2-6-18-10)8-7-17-5-4-9(8)12(13,14)15/h4-5,7,10-11,16H,2-3,6H2,1H3. The molecule has 2 nitrogen and oxygen atoms in total. The van der Waals surface area contributed by atoms with Gasteiger partial charge in [0.2, 0.25) is 0 Å². The van der Waals surface area contributed by atoms with Gasteiger partial charge in [-0.1, -0.05) is 0 Å². The smallest absolute Gasteiger partial charge is 0.312 e. The summed E-state index contributed by atoms with van der Waals surface area (Å²) in [6, 6.07) is 0.766. The Morgan fingerprint density at radius 3 is 2.83 bits per heavy atom. The largest absolute Gasteiger partial charge is 0.416 e. The lowest BCUT2D eigenvalue weighted by molar-refractivity contribution is -0.138. The van der Waals surface area contributed by atoms with Crippen LogP contribution in [0.25, 0.3) is 0 Å². The number of hydrogen-bond donors (Lipinski definition) is 1. The predicted octanol–water partition coefficient (Wildman–Crippen LogP) is 3.26. The molecule has 100 valence electrons. The van der Waals surface area contributed by atoms with Crippen molar-refractivity contribution in [1.29, 1.82) is 0 Å². The molecule has 0 spiro atoms. The van der Waals surface area contributed by atoms with E-state index in [1.807, 2.05) is 0 Å². The maximum absolute atomic E-state index is 13.0. The van der Waals surface area contributed by atoms with Crippen LogP contribution in [0.3, 0.4) is 0 Å². The van der Waals surface area contributed by atoms with Crippen molar-refractivity contribution in [1.82, 2.24) is 10.3 Å². The maximum atomic E-state index is 13.0. The van der Waals surface area contributed by atoms with Crippen molar-refractivity contribution < 1.29 is 13.2 Å². The lowest BCUT2D eigenvalue weighted by Gasteiger charge is -2.25. The van der Waals surface area contributed by atoms with E-state index in [4.69, 9.17) is 0 Å². The fraction of sp³-hybridized carbons (Fsp3) is 0.583. The highest BCUT2D eigenvalue weighted by Gasteiger charge is 2.37. The zero-order chi connectivity index (χ0) is 13.2. The molecule has 0 amide bonds. The fourth-order valence-corrected chi connectivity index (χ4v) is 3.76. The topological polar surface area (TPSA) is 24.9 Å². The molecule has 2 unspecified atom stereocenters. The van der Waals surface area contributed by atoms with E-state index in [-0.39, 0.29) is 16.9 Å². The number of halogens is 3. The Morgan fingerprint density at radius 2 is 2.28 bits per heavy atom. The van der Waals surface area contributed by atoms with Crippen LogP contribution in [0, 0.1) is 0 Å². The van der Waals surface area contributed by atoms with Crippen LogP contribution < -0.4 is 5.32 Å². The third-order valence-corrected chi connectivity index (χ3v) is 4.60.